The van der Waals surface area contributed by atoms with Crippen molar-refractivity contribution in [3.05, 3.63) is 0 Å². The maximum Gasteiger partial charge on any atom is 0.239 e. The normalized spacial score (nSPS) is 32.3. The highest BCUT2D eigenvalue weighted by Crippen LogP contribution is 2.34. The van der Waals surface area contributed by atoms with E-state index in [1.165, 1.54) is 19.3 Å². The van der Waals surface area contributed by atoms with Crippen LogP contribution in [0.5, 0.6) is 0 Å². The van der Waals surface area contributed by atoms with E-state index in [4.69, 9.17) is 0 Å². The molecule has 2 heterocycles. The second-order valence-electron chi connectivity index (χ2n) is 6.54. The van der Waals surface area contributed by atoms with E-state index in [0.717, 1.165) is 32.4 Å². The fourth-order valence-electron chi connectivity index (χ4n) is 3.17. The molecule has 2 aliphatic rings. The average Bonchev–Trinajstić information content (AvgIpc) is 2.39. The van der Waals surface area contributed by atoms with Crippen molar-refractivity contribution in [1.29, 1.82) is 0 Å². The van der Waals surface area contributed by atoms with Crippen LogP contribution in [-0.4, -0.2) is 36.0 Å². The third-order valence-corrected chi connectivity index (χ3v) is 5.05. The van der Waals surface area contributed by atoms with Crippen molar-refractivity contribution < 1.29 is 4.79 Å². The molecule has 3 nitrogen and oxygen atoms in total. The van der Waals surface area contributed by atoms with Crippen molar-refractivity contribution in [2.24, 2.45) is 5.41 Å². The van der Waals surface area contributed by atoms with E-state index in [2.05, 4.69) is 31.0 Å². The number of nitrogens with one attached hydrogen (secondary N) is 1. The topological polar surface area (TPSA) is 32.3 Å². The zero-order valence-corrected chi connectivity index (χ0v) is 12.2. The standard InChI is InChI=1S/C15H28N2O/c1-4-15(3)8-10-17(11-9-15)14(18)13-7-5-6-12(2)16-13/h12-13,16H,4-11H2,1-3H3. The minimum absolute atomic E-state index is 0.0831. The lowest BCUT2D eigenvalue weighted by molar-refractivity contribution is -0.136. The summed E-state index contributed by atoms with van der Waals surface area (Å²) in [6, 6.07) is 0.582. The van der Waals surface area contributed by atoms with Crippen molar-refractivity contribution in [2.45, 2.75) is 71.4 Å². The van der Waals surface area contributed by atoms with Gasteiger partial charge < -0.3 is 10.2 Å². The number of hydrogen-bond donors (Lipinski definition) is 1. The third-order valence-electron chi connectivity index (χ3n) is 5.05. The summed E-state index contributed by atoms with van der Waals surface area (Å²) in [6.07, 6.45) is 6.97. The Labute approximate surface area is 111 Å². The molecule has 0 aromatic rings. The number of nitrogens with zero attached hydrogens (tertiary/aromatic N) is 1. The summed E-state index contributed by atoms with van der Waals surface area (Å²) in [4.78, 5) is 14.6. The van der Waals surface area contributed by atoms with Gasteiger partial charge >= 0.3 is 0 Å². The fourth-order valence-corrected chi connectivity index (χ4v) is 3.17. The van der Waals surface area contributed by atoms with Crippen LogP contribution in [0.4, 0.5) is 0 Å². The molecule has 2 unspecified atom stereocenters. The first-order valence-corrected chi connectivity index (χ1v) is 7.59. The van der Waals surface area contributed by atoms with E-state index >= 15 is 0 Å². The van der Waals surface area contributed by atoms with Crippen molar-refractivity contribution in [1.82, 2.24) is 10.2 Å². The molecule has 2 fully saturated rings. The molecule has 18 heavy (non-hydrogen) atoms. The molecule has 0 bridgehead atoms. The van der Waals surface area contributed by atoms with Gasteiger partial charge in [-0.1, -0.05) is 20.3 Å². The van der Waals surface area contributed by atoms with Crippen LogP contribution in [0, 0.1) is 5.41 Å². The molecule has 104 valence electrons. The predicted octanol–water partition coefficient (Wildman–Crippen LogP) is 2.56. The molecule has 0 aromatic heterocycles. The predicted molar refractivity (Wildman–Crippen MR) is 74.4 cm³/mol. The smallest absolute Gasteiger partial charge is 0.239 e. The summed E-state index contributed by atoms with van der Waals surface area (Å²) in [6.45, 7) is 8.72. The molecule has 2 rings (SSSR count). The first-order chi connectivity index (χ1) is 8.54. The van der Waals surface area contributed by atoms with E-state index < -0.39 is 0 Å². The highest BCUT2D eigenvalue weighted by atomic mass is 16.2. The second-order valence-corrected chi connectivity index (χ2v) is 6.54. The highest BCUT2D eigenvalue weighted by molar-refractivity contribution is 5.82. The fraction of sp³-hybridized carbons (Fsp3) is 0.933. The van der Waals surface area contributed by atoms with Gasteiger partial charge in [0.05, 0.1) is 6.04 Å². The molecule has 0 radical (unpaired) electrons. The number of piperidine rings is 2. The van der Waals surface area contributed by atoms with Gasteiger partial charge in [0.25, 0.3) is 0 Å². The number of rotatable bonds is 2. The summed E-state index contributed by atoms with van der Waals surface area (Å²) in [5.41, 5.74) is 0.462. The van der Waals surface area contributed by atoms with Gasteiger partial charge in [-0.3, -0.25) is 4.79 Å². The van der Waals surface area contributed by atoms with Crippen molar-refractivity contribution >= 4 is 5.91 Å². The first-order valence-electron chi connectivity index (χ1n) is 7.59. The summed E-state index contributed by atoms with van der Waals surface area (Å²) in [5, 5.41) is 3.46. The van der Waals surface area contributed by atoms with Gasteiger partial charge in [0.1, 0.15) is 0 Å². The van der Waals surface area contributed by atoms with Crippen LogP contribution in [0.25, 0.3) is 0 Å². The van der Waals surface area contributed by atoms with Crippen molar-refractivity contribution in [3.63, 3.8) is 0 Å². The van der Waals surface area contributed by atoms with Gasteiger partial charge in [0.15, 0.2) is 0 Å². The van der Waals surface area contributed by atoms with Gasteiger partial charge in [-0.05, 0) is 44.4 Å². The Bertz CT molecular complexity index is 295. The van der Waals surface area contributed by atoms with Crippen LogP contribution < -0.4 is 5.32 Å². The van der Waals surface area contributed by atoms with Crippen LogP contribution in [0.3, 0.4) is 0 Å². The minimum Gasteiger partial charge on any atom is -0.341 e. The van der Waals surface area contributed by atoms with E-state index in [-0.39, 0.29) is 6.04 Å². The number of likely N-dealkylation sites (tertiary alicyclic amines) is 1. The molecule has 2 saturated heterocycles. The molecule has 0 aliphatic carbocycles. The molecule has 2 atom stereocenters. The Kier molecular flexibility index (Phi) is 4.31. The number of amides is 1. The van der Waals surface area contributed by atoms with Crippen molar-refractivity contribution in [2.75, 3.05) is 13.1 Å². The first kappa shape index (κ1) is 13.9. The molecule has 0 spiro atoms. The monoisotopic (exact) mass is 252 g/mol. The van der Waals surface area contributed by atoms with Crippen LogP contribution in [0.2, 0.25) is 0 Å². The van der Waals surface area contributed by atoms with Crippen LogP contribution >= 0.6 is 0 Å². The van der Waals surface area contributed by atoms with Gasteiger partial charge in [-0.2, -0.15) is 0 Å². The lowest BCUT2D eigenvalue weighted by atomic mass is 9.78. The van der Waals surface area contributed by atoms with Crippen molar-refractivity contribution in [3.8, 4) is 0 Å². The summed E-state index contributed by atoms with van der Waals surface area (Å²) in [7, 11) is 0. The molecule has 1 amide bonds. The van der Waals surface area contributed by atoms with Gasteiger partial charge in [0.2, 0.25) is 5.91 Å². The Hall–Kier alpha value is -0.570. The van der Waals surface area contributed by atoms with Crippen LogP contribution in [0.1, 0.15) is 59.3 Å². The van der Waals surface area contributed by atoms with Gasteiger partial charge in [-0.25, -0.2) is 0 Å². The molecule has 3 heteroatoms. The maximum absolute atomic E-state index is 12.5. The molecule has 1 N–H and O–H groups in total. The zero-order valence-electron chi connectivity index (χ0n) is 12.2. The number of carbonyl (C=O) groups is 1. The lowest BCUT2D eigenvalue weighted by Gasteiger charge is -2.41. The van der Waals surface area contributed by atoms with E-state index in [9.17, 15) is 4.79 Å². The Balaban J connectivity index is 1.87. The van der Waals surface area contributed by atoms with E-state index in [0.29, 0.717) is 17.4 Å². The average molecular weight is 252 g/mol. The van der Waals surface area contributed by atoms with Crippen LogP contribution in [-0.2, 0) is 4.79 Å². The Morgan fingerprint density at radius 2 is 2.00 bits per heavy atom. The number of carbonyl (C=O) groups excluding carboxylic acids is 1. The quantitative estimate of drug-likeness (QED) is 0.819. The Morgan fingerprint density at radius 3 is 2.56 bits per heavy atom. The molecule has 2 aliphatic heterocycles. The van der Waals surface area contributed by atoms with Crippen LogP contribution in [0.15, 0.2) is 0 Å². The van der Waals surface area contributed by atoms with E-state index in [1.807, 2.05) is 0 Å². The largest absolute Gasteiger partial charge is 0.341 e. The third kappa shape index (κ3) is 3.05. The zero-order chi connectivity index (χ0) is 13.2. The molecular weight excluding hydrogens is 224 g/mol. The summed E-state index contributed by atoms with van der Waals surface area (Å²) < 4.78 is 0. The molecule has 0 saturated carbocycles. The SMILES string of the molecule is CCC1(C)CCN(C(=O)C2CCCC(C)N2)CC1. The lowest BCUT2D eigenvalue weighted by Crippen LogP contribution is -2.53. The van der Waals surface area contributed by atoms with E-state index in [1.54, 1.807) is 0 Å². The maximum atomic E-state index is 12.5. The molecule has 0 aromatic carbocycles. The minimum atomic E-state index is 0.0831. The Morgan fingerprint density at radius 1 is 1.33 bits per heavy atom. The highest BCUT2D eigenvalue weighted by Gasteiger charge is 2.34. The molecular formula is C15H28N2O. The summed E-state index contributed by atoms with van der Waals surface area (Å²) in [5.74, 6) is 0.347. The van der Waals surface area contributed by atoms with Gasteiger partial charge in [0, 0.05) is 19.1 Å². The second kappa shape index (κ2) is 5.60. The number of hydrogen-bond acceptors (Lipinski definition) is 2. The summed E-state index contributed by atoms with van der Waals surface area (Å²) >= 11 is 0. The van der Waals surface area contributed by atoms with Gasteiger partial charge in [-0.15, -0.1) is 0 Å².